The average molecular weight is 550 g/mol. The number of pyridine rings is 1. The van der Waals surface area contributed by atoms with Crippen LogP contribution < -0.4 is 10.1 Å². The lowest BCUT2D eigenvalue weighted by Crippen LogP contribution is -2.30. The van der Waals surface area contributed by atoms with Gasteiger partial charge in [-0.1, -0.05) is 28.6 Å². The minimum atomic E-state index is -3.73. The number of carbonyl (C=O) groups is 1. The normalized spacial score (nSPS) is 16.3. The van der Waals surface area contributed by atoms with Crippen LogP contribution in [-0.4, -0.2) is 88.0 Å². The molecule has 4 rings (SSSR count). The molecule has 3 heterocycles. The fourth-order valence-electron chi connectivity index (χ4n) is 3.38. The third kappa shape index (κ3) is 6.40. The van der Waals surface area contributed by atoms with Crippen LogP contribution in [0.3, 0.4) is 0 Å². The van der Waals surface area contributed by atoms with Crippen LogP contribution in [0.4, 0.5) is 5.13 Å². The Hall–Kier alpha value is -3.17. The third-order valence-electron chi connectivity index (χ3n) is 5.50. The van der Waals surface area contributed by atoms with Crippen LogP contribution in [0.15, 0.2) is 46.4 Å². The highest BCUT2D eigenvalue weighted by molar-refractivity contribution is 7.89. The number of carbonyl (C=O) groups excluding carboxylic acids is 1. The molecule has 1 N–H and O–H groups in total. The summed E-state index contributed by atoms with van der Waals surface area (Å²) >= 11 is 1.18. The van der Waals surface area contributed by atoms with E-state index in [4.69, 9.17) is 19.0 Å². The molecule has 3 aromatic rings. The molecule has 0 aliphatic carbocycles. The molecule has 0 radical (unpaired) electrons. The molecule has 37 heavy (non-hydrogen) atoms. The van der Waals surface area contributed by atoms with E-state index in [9.17, 15) is 13.2 Å². The van der Waals surface area contributed by atoms with Crippen molar-refractivity contribution in [3.05, 3.63) is 42.0 Å². The number of amides is 1. The predicted octanol–water partition coefficient (Wildman–Crippen LogP) is 2.12. The SMILES string of the molecule is COCCN(C)S(=O)(=O)c1ccc(/C(=N\O[C@@H]2CCOC2)C(=O)Nc2nc3ccc(OC)nc3s2)cc1. The summed E-state index contributed by atoms with van der Waals surface area (Å²) in [6.07, 6.45) is 0.366. The summed E-state index contributed by atoms with van der Waals surface area (Å²) < 4.78 is 42.3. The van der Waals surface area contributed by atoms with Crippen molar-refractivity contribution in [2.75, 3.05) is 52.9 Å². The third-order valence-corrected chi connectivity index (χ3v) is 8.25. The average Bonchev–Trinajstić information content (AvgIpc) is 3.56. The first-order valence-electron chi connectivity index (χ1n) is 11.3. The Morgan fingerprint density at radius 1 is 1.22 bits per heavy atom. The lowest BCUT2D eigenvalue weighted by molar-refractivity contribution is -0.110. The van der Waals surface area contributed by atoms with Gasteiger partial charge in [-0.2, -0.15) is 4.31 Å². The van der Waals surface area contributed by atoms with Crippen molar-refractivity contribution in [1.29, 1.82) is 0 Å². The van der Waals surface area contributed by atoms with Crippen molar-refractivity contribution in [2.45, 2.75) is 17.4 Å². The Bertz CT molecular complexity index is 1370. The molecule has 1 saturated heterocycles. The quantitative estimate of drug-likeness (QED) is 0.281. The number of ether oxygens (including phenoxy) is 3. The zero-order valence-electron chi connectivity index (χ0n) is 20.5. The number of methoxy groups -OCH3 is 2. The van der Waals surface area contributed by atoms with Gasteiger partial charge in [0.1, 0.15) is 10.3 Å². The summed E-state index contributed by atoms with van der Waals surface area (Å²) in [5.41, 5.74) is 0.940. The van der Waals surface area contributed by atoms with E-state index < -0.39 is 15.9 Å². The Morgan fingerprint density at radius 2 is 2.00 bits per heavy atom. The van der Waals surface area contributed by atoms with E-state index >= 15 is 0 Å². The van der Waals surface area contributed by atoms with Crippen molar-refractivity contribution < 1.29 is 32.3 Å². The number of anilines is 1. The summed E-state index contributed by atoms with van der Waals surface area (Å²) in [7, 11) is 0.767. The second kappa shape index (κ2) is 11.9. The molecule has 1 aliphatic heterocycles. The van der Waals surface area contributed by atoms with Gasteiger partial charge >= 0.3 is 0 Å². The number of rotatable bonds is 11. The first kappa shape index (κ1) is 26.9. The lowest BCUT2D eigenvalue weighted by atomic mass is 10.1. The number of oxime groups is 1. The van der Waals surface area contributed by atoms with Crippen molar-refractivity contribution >= 4 is 48.5 Å². The van der Waals surface area contributed by atoms with E-state index in [1.807, 2.05) is 0 Å². The van der Waals surface area contributed by atoms with Crippen LogP contribution in [0.5, 0.6) is 5.88 Å². The number of nitrogens with zero attached hydrogens (tertiary/aromatic N) is 4. The van der Waals surface area contributed by atoms with Gasteiger partial charge in [-0.3, -0.25) is 10.1 Å². The van der Waals surface area contributed by atoms with Gasteiger partial charge in [-0.25, -0.2) is 18.4 Å². The minimum Gasteiger partial charge on any atom is -0.481 e. The maximum Gasteiger partial charge on any atom is 0.280 e. The zero-order chi connectivity index (χ0) is 26.4. The van der Waals surface area contributed by atoms with Gasteiger partial charge in [0, 0.05) is 38.8 Å². The molecule has 1 amide bonds. The van der Waals surface area contributed by atoms with Gasteiger partial charge < -0.3 is 19.0 Å². The molecule has 1 aliphatic rings. The number of aromatic nitrogens is 2. The second-order valence-electron chi connectivity index (χ2n) is 8.03. The zero-order valence-corrected chi connectivity index (χ0v) is 22.2. The molecular formula is C23H27N5O7S2. The molecule has 1 atom stereocenters. The van der Waals surface area contributed by atoms with E-state index in [1.165, 1.54) is 61.2 Å². The fourth-order valence-corrected chi connectivity index (χ4v) is 5.36. The molecule has 1 aromatic carbocycles. The van der Waals surface area contributed by atoms with E-state index in [1.54, 1.807) is 12.1 Å². The molecule has 2 aromatic heterocycles. The van der Waals surface area contributed by atoms with Gasteiger partial charge in [0.15, 0.2) is 16.9 Å². The number of sulfonamides is 1. The topological polar surface area (TPSA) is 142 Å². The van der Waals surface area contributed by atoms with Crippen LogP contribution >= 0.6 is 11.3 Å². The van der Waals surface area contributed by atoms with Crippen molar-refractivity contribution in [3.8, 4) is 5.88 Å². The summed E-state index contributed by atoms with van der Waals surface area (Å²) in [4.78, 5) is 28.2. The fraction of sp³-hybridized carbons (Fsp3) is 0.391. The molecule has 12 nitrogen and oxygen atoms in total. The maximum atomic E-state index is 13.3. The largest absolute Gasteiger partial charge is 0.481 e. The number of benzene rings is 1. The van der Waals surface area contributed by atoms with Gasteiger partial charge in [0.2, 0.25) is 15.9 Å². The molecule has 0 unspecified atom stereocenters. The molecule has 0 spiro atoms. The Kier molecular flexibility index (Phi) is 8.66. The Morgan fingerprint density at radius 3 is 2.68 bits per heavy atom. The lowest BCUT2D eigenvalue weighted by Gasteiger charge is -2.17. The molecule has 198 valence electrons. The number of hydrogen-bond donors (Lipinski definition) is 1. The van der Waals surface area contributed by atoms with Crippen LogP contribution in [0.2, 0.25) is 0 Å². The predicted molar refractivity (Wildman–Crippen MR) is 138 cm³/mol. The van der Waals surface area contributed by atoms with Crippen molar-refractivity contribution in [3.63, 3.8) is 0 Å². The van der Waals surface area contributed by atoms with Crippen LogP contribution in [-0.2, 0) is 29.1 Å². The van der Waals surface area contributed by atoms with Crippen LogP contribution in [0, 0.1) is 0 Å². The van der Waals surface area contributed by atoms with Crippen molar-refractivity contribution in [2.24, 2.45) is 5.16 Å². The second-order valence-corrected chi connectivity index (χ2v) is 11.0. The molecular weight excluding hydrogens is 522 g/mol. The van der Waals surface area contributed by atoms with Crippen LogP contribution in [0.1, 0.15) is 12.0 Å². The van der Waals surface area contributed by atoms with E-state index in [0.29, 0.717) is 46.6 Å². The Balaban J connectivity index is 1.58. The number of nitrogens with one attached hydrogen (secondary N) is 1. The van der Waals surface area contributed by atoms with Gasteiger partial charge in [-0.05, 0) is 18.2 Å². The number of fused-ring (bicyclic) bond motifs is 1. The first-order chi connectivity index (χ1) is 17.8. The number of thiazole rings is 1. The standard InChI is InChI=1S/C23H27N5O7S2/c1-28(11-13-32-2)37(30,31)17-6-4-15(5-7-17)20(27-35-16-10-12-34-14-16)21(29)26-23-24-18-8-9-19(33-3)25-22(18)36-23/h4-9,16H,10-14H2,1-3H3,(H,24,26,29)/b27-20+/t16-/m1/s1. The van der Waals surface area contributed by atoms with E-state index in [0.717, 1.165) is 0 Å². The first-order valence-corrected chi connectivity index (χ1v) is 13.6. The smallest absolute Gasteiger partial charge is 0.280 e. The number of hydrogen-bond acceptors (Lipinski definition) is 11. The summed E-state index contributed by atoms with van der Waals surface area (Å²) in [5.74, 6) is -0.135. The molecule has 0 saturated carbocycles. The summed E-state index contributed by atoms with van der Waals surface area (Å²) in [6, 6.07) is 9.28. The highest BCUT2D eigenvalue weighted by Gasteiger charge is 2.24. The molecule has 14 heteroatoms. The van der Waals surface area contributed by atoms with Gasteiger partial charge in [-0.15, -0.1) is 0 Å². The van der Waals surface area contributed by atoms with Crippen molar-refractivity contribution in [1.82, 2.24) is 14.3 Å². The molecule has 0 bridgehead atoms. The monoisotopic (exact) mass is 549 g/mol. The highest BCUT2D eigenvalue weighted by Crippen LogP contribution is 2.26. The van der Waals surface area contributed by atoms with Crippen LogP contribution in [0.25, 0.3) is 10.3 Å². The van der Waals surface area contributed by atoms with Gasteiger partial charge in [0.05, 0.1) is 31.8 Å². The summed E-state index contributed by atoms with van der Waals surface area (Å²) in [5, 5.41) is 7.16. The minimum absolute atomic E-state index is 0.0339. The molecule has 1 fully saturated rings. The van der Waals surface area contributed by atoms with E-state index in [-0.39, 0.29) is 29.9 Å². The van der Waals surface area contributed by atoms with Gasteiger partial charge in [0.25, 0.3) is 5.91 Å². The van der Waals surface area contributed by atoms with E-state index in [2.05, 4.69) is 20.4 Å². The highest BCUT2D eigenvalue weighted by atomic mass is 32.2. The maximum absolute atomic E-state index is 13.3. The number of likely N-dealkylation sites (N-methyl/N-ethyl adjacent to an activating group) is 1. The Labute approximate surface area is 218 Å². The summed E-state index contributed by atoms with van der Waals surface area (Å²) in [6.45, 7) is 1.39.